The number of nitrogens with one attached hydrogen (secondary N) is 1. The Morgan fingerprint density at radius 3 is 2.89 bits per heavy atom. The number of aryl methyl sites for hydroxylation is 1. The van der Waals surface area contributed by atoms with Gasteiger partial charge in [0.2, 0.25) is 5.91 Å². The van der Waals surface area contributed by atoms with Crippen LogP contribution in [0.1, 0.15) is 31.2 Å². The fourth-order valence-corrected chi connectivity index (χ4v) is 2.90. The molecule has 1 amide bonds. The van der Waals surface area contributed by atoms with Gasteiger partial charge in [-0.15, -0.1) is 0 Å². The second-order valence-electron chi connectivity index (χ2n) is 5.14. The lowest BCUT2D eigenvalue weighted by Crippen LogP contribution is -2.38. The van der Waals surface area contributed by atoms with Gasteiger partial charge in [0, 0.05) is 30.0 Å². The maximum absolute atomic E-state index is 11.9. The molecule has 0 spiro atoms. The number of benzene rings is 1. The molecule has 2 N–H and O–H groups in total. The van der Waals surface area contributed by atoms with Gasteiger partial charge in [-0.25, -0.2) is 0 Å². The minimum absolute atomic E-state index is 0.0465. The molecule has 2 atom stereocenters. The number of aliphatic hydroxyl groups is 1. The highest BCUT2D eigenvalue weighted by Crippen LogP contribution is 2.25. The molecule has 0 aromatic heterocycles. The van der Waals surface area contributed by atoms with Crippen LogP contribution in [-0.4, -0.2) is 23.7 Å². The topological polar surface area (TPSA) is 49.3 Å². The normalized spacial score (nSPS) is 22.4. The van der Waals surface area contributed by atoms with Gasteiger partial charge in [0.25, 0.3) is 0 Å². The van der Waals surface area contributed by atoms with E-state index in [1.165, 1.54) is 0 Å². The average molecular weight is 282 g/mol. The van der Waals surface area contributed by atoms with E-state index in [1.54, 1.807) is 0 Å². The van der Waals surface area contributed by atoms with E-state index in [0.29, 0.717) is 17.9 Å². The highest BCUT2D eigenvalue weighted by Gasteiger charge is 2.27. The van der Waals surface area contributed by atoms with E-state index in [9.17, 15) is 9.90 Å². The molecule has 1 aromatic rings. The van der Waals surface area contributed by atoms with Crippen molar-refractivity contribution in [3.05, 3.63) is 34.9 Å². The first-order valence-electron chi connectivity index (χ1n) is 6.84. The molecule has 1 saturated carbocycles. The molecule has 0 bridgehead atoms. The lowest BCUT2D eigenvalue weighted by molar-refractivity contribution is -0.122. The molecule has 1 fully saturated rings. The number of hydrogen-bond donors (Lipinski definition) is 2. The van der Waals surface area contributed by atoms with Crippen LogP contribution in [-0.2, 0) is 11.2 Å². The Morgan fingerprint density at radius 2 is 2.16 bits per heavy atom. The van der Waals surface area contributed by atoms with E-state index in [-0.39, 0.29) is 24.5 Å². The van der Waals surface area contributed by atoms with E-state index < -0.39 is 0 Å². The zero-order chi connectivity index (χ0) is 13.7. The molecule has 2 rings (SSSR count). The molecule has 2 unspecified atom stereocenters. The molecule has 0 heterocycles. The Labute approximate surface area is 119 Å². The van der Waals surface area contributed by atoms with Gasteiger partial charge in [0.15, 0.2) is 0 Å². The number of aliphatic hydroxyl groups excluding tert-OH is 1. The summed E-state index contributed by atoms with van der Waals surface area (Å²) in [5, 5.41) is 13.0. The molecule has 1 aliphatic carbocycles. The summed E-state index contributed by atoms with van der Waals surface area (Å²) in [7, 11) is 0. The first-order valence-corrected chi connectivity index (χ1v) is 7.22. The molecule has 0 saturated heterocycles. The summed E-state index contributed by atoms with van der Waals surface area (Å²) in [4.78, 5) is 11.9. The second kappa shape index (κ2) is 6.92. The summed E-state index contributed by atoms with van der Waals surface area (Å²) in [6, 6.07) is 7.74. The van der Waals surface area contributed by atoms with Crippen LogP contribution in [0, 0.1) is 5.92 Å². The van der Waals surface area contributed by atoms with Crippen molar-refractivity contribution in [3.63, 3.8) is 0 Å². The molecule has 4 heteroatoms. The highest BCUT2D eigenvalue weighted by molar-refractivity contribution is 6.31. The summed E-state index contributed by atoms with van der Waals surface area (Å²) < 4.78 is 0. The fourth-order valence-electron chi connectivity index (χ4n) is 2.67. The van der Waals surface area contributed by atoms with Crippen LogP contribution in [0.2, 0.25) is 5.02 Å². The van der Waals surface area contributed by atoms with Crippen molar-refractivity contribution in [2.45, 2.75) is 38.1 Å². The van der Waals surface area contributed by atoms with Gasteiger partial charge in [0.05, 0.1) is 0 Å². The molecule has 19 heavy (non-hydrogen) atoms. The second-order valence-corrected chi connectivity index (χ2v) is 5.55. The lowest BCUT2D eigenvalue weighted by Gasteiger charge is -2.19. The van der Waals surface area contributed by atoms with Crippen molar-refractivity contribution in [1.29, 1.82) is 0 Å². The molecule has 0 aliphatic heterocycles. The molecular weight excluding hydrogens is 262 g/mol. The molecule has 1 aliphatic rings. The van der Waals surface area contributed by atoms with E-state index in [0.717, 1.165) is 24.8 Å². The number of rotatable bonds is 5. The minimum Gasteiger partial charge on any atom is -0.396 e. The van der Waals surface area contributed by atoms with Crippen molar-refractivity contribution in [3.8, 4) is 0 Å². The Hall–Kier alpha value is -1.06. The number of amides is 1. The molecule has 104 valence electrons. The van der Waals surface area contributed by atoms with Crippen molar-refractivity contribution in [1.82, 2.24) is 5.32 Å². The number of halogens is 1. The summed E-state index contributed by atoms with van der Waals surface area (Å²) in [6.45, 7) is 0.162. The summed E-state index contributed by atoms with van der Waals surface area (Å²) in [6.07, 6.45) is 4.16. The van der Waals surface area contributed by atoms with E-state index in [1.807, 2.05) is 24.3 Å². The largest absolute Gasteiger partial charge is 0.396 e. The van der Waals surface area contributed by atoms with E-state index in [2.05, 4.69) is 5.32 Å². The Bertz CT molecular complexity index is 436. The van der Waals surface area contributed by atoms with Crippen LogP contribution in [0.25, 0.3) is 0 Å². The standard InChI is InChI=1S/C15H20ClNO2/c16-13-6-2-1-4-11(13)8-9-15(19)17-14-7-3-5-12(14)10-18/h1-2,4,6,12,14,18H,3,5,7-10H2,(H,17,19). The third-order valence-corrected chi connectivity index (χ3v) is 4.19. The maximum atomic E-state index is 11.9. The zero-order valence-corrected chi connectivity index (χ0v) is 11.7. The quantitative estimate of drug-likeness (QED) is 0.871. The zero-order valence-electron chi connectivity index (χ0n) is 10.9. The predicted molar refractivity (Wildman–Crippen MR) is 76.1 cm³/mol. The molecular formula is C15H20ClNO2. The SMILES string of the molecule is O=C(CCc1ccccc1Cl)NC1CCCC1CO. The van der Waals surface area contributed by atoms with Crippen LogP contribution in [0.5, 0.6) is 0 Å². The van der Waals surface area contributed by atoms with Gasteiger partial charge in [-0.1, -0.05) is 36.2 Å². The lowest BCUT2D eigenvalue weighted by atomic mass is 10.0. The van der Waals surface area contributed by atoms with Crippen LogP contribution >= 0.6 is 11.6 Å². The smallest absolute Gasteiger partial charge is 0.220 e. The Morgan fingerprint density at radius 1 is 1.37 bits per heavy atom. The molecule has 1 aromatic carbocycles. The first kappa shape index (κ1) is 14.4. The molecule has 3 nitrogen and oxygen atoms in total. The third-order valence-electron chi connectivity index (χ3n) is 3.82. The summed E-state index contributed by atoms with van der Waals surface area (Å²) in [5.74, 6) is 0.273. The minimum atomic E-state index is 0.0465. The van der Waals surface area contributed by atoms with Gasteiger partial charge < -0.3 is 10.4 Å². The Kier molecular flexibility index (Phi) is 5.23. The van der Waals surface area contributed by atoms with Gasteiger partial charge in [0.1, 0.15) is 0 Å². The van der Waals surface area contributed by atoms with Crippen molar-refractivity contribution in [2.24, 2.45) is 5.92 Å². The number of carbonyl (C=O) groups is 1. The average Bonchev–Trinajstić information content (AvgIpc) is 2.85. The highest BCUT2D eigenvalue weighted by atomic mass is 35.5. The van der Waals surface area contributed by atoms with Gasteiger partial charge in [-0.3, -0.25) is 4.79 Å². The third kappa shape index (κ3) is 3.95. The van der Waals surface area contributed by atoms with Gasteiger partial charge in [-0.05, 0) is 30.9 Å². The Balaban J connectivity index is 1.80. The predicted octanol–water partition coefficient (Wildman–Crippen LogP) is 2.55. The fraction of sp³-hybridized carbons (Fsp3) is 0.533. The monoisotopic (exact) mass is 281 g/mol. The number of hydrogen-bond acceptors (Lipinski definition) is 2. The van der Waals surface area contributed by atoms with Gasteiger partial charge in [-0.2, -0.15) is 0 Å². The molecule has 0 radical (unpaired) electrons. The van der Waals surface area contributed by atoms with E-state index >= 15 is 0 Å². The van der Waals surface area contributed by atoms with Crippen LogP contribution < -0.4 is 5.32 Å². The van der Waals surface area contributed by atoms with Crippen molar-refractivity contribution < 1.29 is 9.90 Å². The number of carbonyl (C=O) groups excluding carboxylic acids is 1. The summed E-state index contributed by atoms with van der Waals surface area (Å²) >= 11 is 6.06. The first-order chi connectivity index (χ1) is 9.20. The van der Waals surface area contributed by atoms with Crippen LogP contribution in [0.3, 0.4) is 0 Å². The van der Waals surface area contributed by atoms with Crippen LogP contribution in [0.4, 0.5) is 0 Å². The van der Waals surface area contributed by atoms with E-state index in [4.69, 9.17) is 11.6 Å². The maximum Gasteiger partial charge on any atom is 0.220 e. The van der Waals surface area contributed by atoms with Crippen molar-refractivity contribution >= 4 is 17.5 Å². The van der Waals surface area contributed by atoms with Crippen molar-refractivity contribution in [2.75, 3.05) is 6.61 Å². The summed E-state index contributed by atoms with van der Waals surface area (Å²) in [5.41, 5.74) is 1.00. The van der Waals surface area contributed by atoms with Gasteiger partial charge >= 0.3 is 0 Å². The van der Waals surface area contributed by atoms with Crippen LogP contribution in [0.15, 0.2) is 24.3 Å².